The first-order valence-corrected chi connectivity index (χ1v) is 7.83. The van der Waals surface area contributed by atoms with Crippen molar-refractivity contribution in [1.82, 2.24) is 5.32 Å². The summed E-state index contributed by atoms with van der Waals surface area (Å²) in [6.07, 6.45) is 0.00952. The van der Waals surface area contributed by atoms with Crippen LogP contribution in [0.25, 0.3) is 0 Å². The Kier molecular flexibility index (Phi) is 6.64. The number of hydrogen-bond donors (Lipinski definition) is 1. The summed E-state index contributed by atoms with van der Waals surface area (Å²) >= 11 is 3.11. The lowest BCUT2D eigenvalue weighted by molar-refractivity contribution is 0.140. The van der Waals surface area contributed by atoms with E-state index in [1.165, 1.54) is 6.07 Å². The number of carbonyl (C=O) groups excluding carboxylic acids is 1. The molecule has 0 fully saturated rings. The molecule has 1 amide bonds. The van der Waals surface area contributed by atoms with E-state index in [9.17, 15) is 9.18 Å². The van der Waals surface area contributed by atoms with Gasteiger partial charge in [-0.1, -0.05) is 42.2 Å². The zero-order chi connectivity index (χ0) is 16.5. The van der Waals surface area contributed by atoms with Gasteiger partial charge in [-0.3, -0.25) is 0 Å². The lowest BCUT2D eigenvalue weighted by Crippen LogP contribution is -2.24. The zero-order valence-electron chi connectivity index (χ0n) is 12.3. The van der Waals surface area contributed by atoms with Crippen LogP contribution in [0.4, 0.5) is 9.18 Å². The van der Waals surface area contributed by atoms with Crippen LogP contribution in [-0.2, 0) is 11.3 Å². The second kappa shape index (κ2) is 8.96. The van der Waals surface area contributed by atoms with Crippen LogP contribution in [0, 0.1) is 17.7 Å². The summed E-state index contributed by atoms with van der Waals surface area (Å²) in [6.45, 7) is 0.630. The number of carbonyl (C=O) groups is 1. The smallest absolute Gasteiger partial charge is 0.407 e. The molecule has 0 unspecified atom stereocenters. The van der Waals surface area contributed by atoms with Crippen molar-refractivity contribution in [3.63, 3.8) is 0 Å². The fourth-order valence-corrected chi connectivity index (χ4v) is 2.12. The van der Waals surface area contributed by atoms with Gasteiger partial charge in [0.15, 0.2) is 0 Å². The molecule has 0 radical (unpaired) electrons. The number of alkyl carbamates (subject to hydrolysis) is 1. The van der Waals surface area contributed by atoms with Crippen LogP contribution in [0.15, 0.2) is 53.0 Å². The molecule has 0 bridgehead atoms. The predicted octanol–water partition coefficient (Wildman–Crippen LogP) is 4.26. The average Bonchev–Trinajstić information content (AvgIpc) is 2.57. The molecule has 0 heterocycles. The molecule has 23 heavy (non-hydrogen) atoms. The Bertz CT molecular complexity index is 723. The average molecular weight is 376 g/mol. The van der Waals surface area contributed by atoms with Crippen molar-refractivity contribution in [2.45, 2.75) is 13.0 Å². The van der Waals surface area contributed by atoms with Gasteiger partial charge in [0.25, 0.3) is 0 Å². The third-order valence-electron chi connectivity index (χ3n) is 2.88. The number of amides is 1. The van der Waals surface area contributed by atoms with Crippen LogP contribution in [0.2, 0.25) is 0 Å². The van der Waals surface area contributed by atoms with Gasteiger partial charge in [-0.25, -0.2) is 9.18 Å². The third-order valence-corrected chi connectivity index (χ3v) is 3.49. The molecule has 2 aromatic carbocycles. The van der Waals surface area contributed by atoms with Crippen molar-refractivity contribution in [3.8, 4) is 11.8 Å². The number of nitrogens with one attached hydrogen (secondary N) is 1. The van der Waals surface area contributed by atoms with E-state index >= 15 is 0 Å². The van der Waals surface area contributed by atoms with E-state index in [1.807, 2.05) is 30.3 Å². The van der Waals surface area contributed by atoms with Crippen molar-refractivity contribution in [2.75, 3.05) is 6.54 Å². The molecule has 5 heteroatoms. The highest BCUT2D eigenvalue weighted by atomic mass is 79.9. The van der Waals surface area contributed by atoms with E-state index in [-0.39, 0.29) is 12.4 Å². The van der Waals surface area contributed by atoms with Gasteiger partial charge in [0.05, 0.1) is 4.47 Å². The van der Waals surface area contributed by atoms with Gasteiger partial charge < -0.3 is 10.1 Å². The molecule has 2 aromatic rings. The molecule has 0 saturated carbocycles. The molecule has 0 aromatic heterocycles. The number of halogens is 2. The fraction of sp³-hybridized carbons (Fsp3) is 0.167. The van der Waals surface area contributed by atoms with E-state index in [2.05, 4.69) is 33.1 Å². The minimum Gasteiger partial charge on any atom is -0.445 e. The van der Waals surface area contributed by atoms with E-state index in [4.69, 9.17) is 4.74 Å². The minimum atomic E-state index is -0.472. The van der Waals surface area contributed by atoms with Crippen LogP contribution >= 0.6 is 15.9 Å². The van der Waals surface area contributed by atoms with Crippen molar-refractivity contribution in [1.29, 1.82) is 0 Å². The van der Waals surface area contributed by atoms with E-state index in [0.29, 0.717) is 23.0 Å². The second-order valence-corrected chi connectivity index (χ2v) is 5.52. The van der Waals surface area contributed by atoms with Gasteiger partial charge >= 0.3 is 6.09 Å². The molecule has 1 N–H and O–H groups in total. The Morgan fingerprint density at radius 2 is 2.00 bits per heavy atom. The normalized spacial score (nSPS) is 9.65. The first-order chi connectivity index (χ1) is 11.1. The van der Waals surface area contributed by atoms with Crippen molar-refractivity contribution >= 4 is 22.0 Å². The molecule has 0 saturated heterocycles. The summed E-state index contributed by atoms with van der Waals surface area (Å²) in [4.78, 5) is 11.5. The predicted molar refractivity (Wildman–Crippen MR) is 90.2 cm³/mol. The Labute approximate surface area is 143 Å². The van der Waals surface area contributed by atoms with Gasteiger partial charge in [0.1, 0.15) is 12.4 Å². The van der Waals surface area contributed by atoms with Crippen molar-refractivity contribution < 1.29 is 13.9 Å². The molecular formula is C18H15BrFNO2. The molecular weight excluding hydrogens is 361 g/mol. The van der Waals surface area contributed by atoms with Gasteiger partial charge in [-0.05, 0) is 39.7 Å². The Hall–Kier alpha value is -2.32. The van der Waals surface area contributed by atoms with E-state index in [1.54, 1.807) is 12.1 Å². The monoisotopic (exact) mass is 375 g/mol. The molecule has 2 rings (SSSR count). The van der Waals surface area contributed by atoms with E-state index in [0.717, 1.165) is 5.56 Å². The van der Waals surface area contributed by atoms with Crippen LogP contribution < -0.4 is 5.32 Å². The molecule has 0 spiro atoms. The van der Waals surface area contributed by atoms with Gasteiger partial charge in [-0.2, -0.15) is 0 Å². The number of ether oxygens (including phenoxy) is 1. The van der Waals surface area contributed by atoms with Crippen LogP contribution in [0.5, 0.6) is 0 Å². The highest BCUT2D eigenvalue weighted by molar-refractivity contribution is 9.10. The minimum absolute atomic E-state index is 0.238. The maximum absolute atomic E-state index is 13.1. The van der Waals surface area contributed by atoms with E-state index < -0.39 is 6.09 Å². The number of benzene rings is 2. The second-order valence-electron chi connectivity index (χ2n) is 4.67. The summed E-state index contributed by atoms with van der Waals surface area (Å²) in [6, 6.07) is 14.0. The summed E-state index contributed by atoms with van der Waals surface area (Å²) in [5.41, 5.74) is 1.65. The summed E-state index contributed by atoms with van der Waals surface area (Å²) in [5, 5.41) is 2.63. The molecule has 0 aliphatic carbocycles. The molecule has 118 valence electrons. The summed E-state index contributed by atoms with van der Waals surface area (Å²) < 4.78 is 18.5. The van der Waals surface area contributed by atoms with Gasteiger partial charge in [0, 0.05) is 18.5 Å². The third kappa shape index (κ3) is 6.13. The zero-order valence-corrected chi connectivity index (χ0v) is 13.9. The SMILES string of the molecule is O=C(NCCC#Cc1ccc(F)c(Br)c1)OCc1ccccc1. The molecule has 3 nitrogen and oxygen atoms in total. The summed E-state index contributed by atoms with van der Waals surface area (Å²) in [7, 11) is 0. The van der Waals surface area contributed by atoms with Gasteiger partial charge in [-0.15, -0.1) is 0 Å². The lowest BCUT2D eigenvalue weighted by Gasteiger charge is -2.05. The van der Waals surface area contributed by atoms with Crippen molar-refractivity contribution in [3.05, 3.63) is 69.9 Å². The lowest BCUT2D eigenvalue weighted by atomic mass is 10.2. The standard InChI is InChI=1S/C18H15BrFNO2/c19-16-12-14(9-10-17(16)20)6-4-5-11-21-18(22)23-13-15-7-2-1-3-8-15/h1-3,7-10,12H,5,11,13H2,(H,21,22). The van der Waals surface area contributed by atoms with Crippen LogP contribution in [-0.4, -0.2) is 12.6 Å². The first kappa shape index (κ1) is 17.0. The number of hydrogen-bond acceptors (Lipinski definition) is 2. The fourth-order valence-electron chi connectivity index (χ4n) is 1.74. The Balaban J connectivity index is 1.68. The van der Waals surface area contributed by atoms with Crippen LogP contribution in [0.3, 0.4) is 0 Å². The maximum atomic E-state index is 13.1. The summed E-state index contributed by atoms with van der Waals surface area (Å²) in [5.74, 6) is 5.50. The molecule has 0 atom stereocenters. The topological polar surface area (TPSA) is 38.3 Å². The highest BCUT2D eigenvalue weighted by Gasteiger charge is 2.01. The maximum Gasteiger partial charge on any atom is 0.407 e. The highest BCUT2D eigenvalue weighted by Crippen LogP contribution is 2.16. The van der Waals surface area contributed by atoms with Gasteiger partial charge in [0.2, 0.25) is 0 Å². The Morgan fingerprint density at radius 1 is 1.22 bits per heavy atom. The molecule has 0 aliphatic heterocycles. The van der Waals surface area contributed by atoms with Crippen molar-refractivity contribution in [2.24, 2.45) is 0 Å². The largest absolute Gasteiger partial charge is 0.445 e. The number of rotatable bonds is 4. The Morgan fingerprint density at radius 3 is 2.74 bits per heavy atom. The first-order valence-electron chi connectivity index (χ1n) is 7.03. The quantitative estimate of drug-likeness (QED) is 0.640. The molecule has 0 aliphatic rings. The van der Waals surface area contributed by atoms with Crippen LogP contribution in [0.1, 0.15) is 17.5 Å².